The lowest BCUT2D eigenvalue weighted by Gasteiger charge is -2.06. The third-order valence-corrected chi connectivity index (χ3v) is 4.79. The highest BCUT2D eigenvalue weighted by Gasteiger charge is 2.13. The fourth-order valence-corrected chi connectivity index (χ4v) is 3.52. The van der Waals surface area contributed by atoms with E-state index in [0.29, 0.717) is 17.6 Å². The molecule has 0 aliphatic rings. The van der Waals surface area contributed by atoms with E-state index in [1.165, 1.54) is 10.4 Å². The van der Waals surface area contributed by atoms with Gasteiger partial charge in [-0.1, -0.05) is 29.3 Å². The van der Waals surface area contributed by atoms with Gasteiger partial charge < -0.3 is 4.74 Å². The molecule has 3 rings (SSSR count). The Kier molecular flexibility index (Phi) is 3.83. The molecule has 0 amide bonds. The summed E-state index contributed by atoms with van der Waals surface area (Å²) in [6.45, 7) is 6.48. The zero-order chi connectivity index (χ0) is 15.0. The van der Waals surface area contributed by atoms with Crippen LogP contribution in [0, 0.1) is 20.8 Å². The van der Waals surface area contributed by atoms with E-state index in [4.69, 9.17) is 16.3 Å². The second kappa shape index (κ2) is 5.62. The number of ether oxygens (including phenoxy) is 1. The van der Waals surface area contributed by atoms with Crippen molar-refractivity contribution in [1.82, 2.24) is 9.97 Å². The lowest BCUT2D eigenvalue weighted by molar-refractivity contribution is 0.296. The molecule has 5 heteroatoms. The van der Waals surface area contributed by atoms with Crippen LogP contribution in [0.3, 0.4) is 0 Å². The molecular weight excluding hydrogens is 304 g/mol. The minimum absolute atomic E-state index is 0.314. The Labute approximate surface area is 132 Å². The smallest absolute Gasteiger partial charge is 0.169 e. The van der Waals surface area contributed by atoms with Gasteiger partial charge in [0, 0.05) is 4.88 Å². The molecule has 0 fully saturated rings. The standard InChI is InChI=1S/C16H15ClN2OS/c1-9-4-6-12(7-5-9)20-8-13-18-15(17)14-10(2)11(3)21-16(14)19-13/h4-7H,8H2,1-3H3. The van der Waals surface area contributed by atoms with Gasteiger partial charge in [-0.2, -0.15) is 0 Å². The van der Waals surface area contributed by atoms with Gasteiger partial charge in [-0.3, -0.25) is 0 Å². The van der Waals surface area contributed by atoms with Gasteiger partial charge in [-0.25, -0.2) is 9.97 Å². The lowest BCUT2D eigenvalue weighted by Crippen LogP contribution is -2.01. The first-order valence-electron chi connectivity index (χ1n) is 6.66. The summed E-state index contributed by atoms with van der Waals surface area (Å²) < 4.78 is 5.71. The van der Waals surface area contributed by atoms with E-state index in [-0.39, 0.29) is 0 Å². The van der Waals surface area contributed by atoms with Crippen molar-refractivity contribution >= 4 is 33.2 Å². The number of thiophene rings is 1. The van der Waals surface area contributed by atoms with Gasteiger partial charge in [-0.15, -0.1) is 11.3 Å². The van der Waals surface area contributed by atoms with Gasteiger partial charge in [0.1, 0.15) is 22.3 Å². The summed E-state index contributed by atoms with van der Waals surface area (Å²) in [6.07, 6.45) is 0. The fourth-order valence-electron chi connectivity index (χ4n) is 2.09. The van der Waals surface area contributed by atoms with Crippen LogP contribution in [-0.4, -0.2) is 9.97 Å². The number of rotatable bonds is 3. The molecule has 108 valence electrons. The molecule has 0 N–H and O–H groups in total. The van der Waals surface area contributed by atoms with Gasteiger partial charge in [0.05, 0.1) is 5.39 Å². The van der Waals surface area contributed by atoms with Gasteiger partial charge in [0.15, 0.2) is 5.82 Å². The molecular formula is C16H15ClN2OS. The van der Waals surface area contributed by atoms with E-state index >= 15 is 0 Å². The fraction of sp³-hybridized carbons (Fsp3) is 0.250. The van der Waals surface area contributed by atoms with Crippen LogP contribution in [0.5, 0.6) is 5.75 Å². The van der Waals surface area contributed by atoms with E-state index in [0.717, 1.165) is 21.5 Å². The molecule has 3 aromatic rings. The normalized spacial score (nSPS) is 11.0. The molecule has 0 radical (unpaired) electrons. The molecule has 0 bridgehead atoms. The molecule has 0 unspecified atom stereocenters. The molecule has 2 heterocycles. The third kappa shape index (κ3) is 2.87. The summed E-state index contributed by atoms with van der Waals surface area (Å²) in [5.74, 6) is 1.41. The van der Waals surface area contributed by atoms with Crippen LogP contribution in [0.15, 0.2) is 24.3 Å². The van der Waals surface area contributed by atoms with Gasteiger partial charge in [-0.05, 0) is 38.5 Å². The minimum atomic E-state index is 0.314. The zero-order valence-corrected chi connectivity index (χ0v) is 13.7. The van der Waals surface area contributed by atoms with Crippen LogP contribution in [-0.2, 0) is 6.61 Å². The zero-order valence-electron chi connectivity index (χ0n) is 12.1. The van der Waals surface area contributed by atoms with Crippen molar-refractivity contribution in [2.24, 2.45) is 0 Å². The summed E-state index contributed by atoms with van der Waals surface area (Å²) >= 11 is 7.92. The number of nitrogens with zero attached hydrogens (tertiary/aromatic N) is 2. The number of aryl methyl sites for hydroxylation is 3. The Balaban J connectivity index is 1.86. The van der Waals surface area contributed by atoms with E-state index in [1.807, 2.05) is 38.1 Å². The molecule has 0 spiro atoms. The second-order valence-corrected chi connectivity index (χ2v) is 6.56. The van der Waals surface area contributed by atoms with Crippen molar-refractivity contribution in [2.75, 3.05) is 0 Å². The van der Waals surface area contributed by atoms with Crippen LogP contribution in [0.1, 0.15) is 21.8 Å². The van der Waals surface area contributed by atoms with Crippen LogP contribution < -0.4 is 4.74 Å². The third-order valence-electron chi connectivity index (χ3n) is 3.42. The number of benzene rings is 1. The first-order valence-corrected chi connectivity index (χ1v) is 7.85. The first-order chi connectivity index (χ1) is 10.0. The Bertz CT molecular complexity index is 796. The average molecular weight is 319 g/mol. The second-order valence-electron chi connectivity index (χ2n) is 5.00. The maximum Gasteiger partial charge on any atom is 0.169 e. The quantitative estimate of drug-likeness (QED) is 0.647. The van der Waals surface area contributed by atoms with Crippen molar-refractivity contribution in [3.63, 3.8) is 0 Å². The summed E-state index contributed by atoms with van der Waals surface area (Å²) in [5, 5.41) is 1.46. The number of hydrogen-bond donors (Lipinski definition) is 0. The predicted octanol–water partition coefficient (Wildman–Crippen LogP) is 4.85. The van der Waals surface area contributed by atoms with Crippen molar-refractivity contribution in [3.05, 3.63) is 51.2 Å². The molecule has 2 aromatic heterocycles. The van der Waals surface area contributed by atoms with Crippen molar-refractivity contribution in [1.29, 1.82) is 0 Å². The molecule has 0 saturated carbocycles. The number of fused-ring (bicyclic) bond motifs is 1. The SMILES string of the molecule is Cc1ccc(OCc2nc(Cl)c3c(C)c(C)sc3n2)cc1. The largest absolute Gasteiger partial charge is 0.486 e. The van der Waals surface area contributed by atoms with Crippen LogP contribution >= 0.6 is 22.9 Å². The molecule has 21 heavy (non-hydrogen) atoms. The van der Waals surface area contributed by atoms with E-state index in [1.54, 1.807) is 11.3 Å². The highest BCUT2D eigenvalue weighted by Crippen LogP contribution is 2.33. The lowest BCUT2D eigenvalue weighted by atomic mass is 10.2. The number of hydrogen-bond acceptors (Lipinski definition) is 4. The van der Waals surface area contributed by atoms with Crippen molar-refractivity contribution in [3.8, 4) is 5.75 Å². The molecule has 0 saturated heterocycles. The van der Waals surface area contributed by atoms with Gasteiger partial charge in [0.25, 0.3) is 0 Å². The van der Waals surface area contributed by atoms with Gasteiger partial charge in [0.2, 0.25) is 0 Å². The summed E-state index contributed by atoms with van der Waals surface area (Å²) in [5.41, 5.74) is 2.36. The monoisotopic (exact) mass is 318 g/mol. The molecule has 0 aliphatic heterocycles. The Morgan fingerprint density at radius 3 is 2.52 bits per heavy atom. The van der Waals surface area contributed by atoms with Crippen LogP contribution in [0.2, 0.25) is 5.15 Å². The van der Waals surface area contributed by atoms with E-state index < -0.39 is 0 Å². The van der Waals surface area contributed by atoms with E-state index in [9.17, 15) is 0 Å². The number of aromatic nitrogens is 2. The molecule has 0 aliphatic carbocycles. The predicted molar refractivity (Wildman–Crippen MR) is 87.4 cm³/mol. The Hall–Kier alpha value is -1.65. The maximum atomic E-state index is 6.28. The Morgan fingerprint density at radius 1 is 1.10 bits per heavy atom. The molecule has 3 nitrogen and oxygen atoms in total. The van der Waals surface area contributed by atoms with Crippen molar-refractivity contribution < 1.29 is 4.74 Å². The highest BCUT2D eigenvalue weighted by molar-refractivity contribution is 7.18. The van der Waals surface area contributed by atoms with Crippen LogP contribution in [0.25, 0.3) is 10.2 Å². The molecule has 1 aromatic carbocycles. The van der Waals surface area contributed by atoms with Crippen molar-refractivity contribution in [2.45, 2.75) is 27.4 Å². The molecule has 0 atom stereocenters. The Morgan fingerprint density at radius 2 is 1.81 bits per heavy atom. The minimum Gasteiger partial charge on any atom is -0.486 e. The first kappa shape index (κ1) is 14.3. The summed E-state index contributed by atoms with van der Waals surface area (Å²) in [4.78, 5) is 11.0. The highest BCUT2D eigenvalue weighted by atomic mass is 35.5. The number of halogens is 1. The van der Waals surface area contributed by atoms with E-state index in [2.05, 4.69) is 16.9 Å². The van der Waals surface area contributed by atoms with Crippen LogP contribution in [0.4, 0.5) is 0 Å². The van der Waals surface area contributed by atoms with Gasteiger partial charge >= 0.3 is 0 Å². The summed E-state index contributed by atoms with van der Waals surface area (Å²) in [7, 11) is 0. The summed E-state index contributed by atoms with van der Waals surface area (Å²) in [6, 6.07) is 7.90. The topological polar surface area (TPSA) is 35.0 Å². The average Bonchev–Trinajstić information content (AvgIpc) is 2.74. The maximum absolute atomic E-state index is 6.28.